The van der Waals surface area contributed by atoms with Crippen LogP contribution in [0.4, 0.5) is 5.69 Å². The van der Waals surface area contributed by atoms with E-state index < -0.39 is 18.0 Å². The van der Waals surface area contributed by atoms with Gasteiger partial charge in [-0.25, -0.2) is 4.68 Å². The van der Waals surface area contributed by atoms with E-state index in [-0.39, 0.29) is 30.9 Å². The van der Waals surface area contributed by atoms with Crippen molar-refractivity contribution in [2.24, 2.45) is 5.92 Å². The van der Waals surface area contributed by atoms with Gasteiger partial charge >= 0.3 is 5.97 Å². The summed E-state index contributed by atoms with van der Waals surface area (Å²) < 4.78 is 6.22. The normalized spacial score (nSPS) is 12.6. The number of carboxylic acids is 1. The number of carbonyl (C=O) groups is 2. The van der Waals surface area contributed by atoms with Gasteiger partial charge in [0, 0.05) is 12.2 Å². The van der Waals surface area contributed by atoms with E-state index in [0.717, 1.165) is 10.2 Å². The number of carbonyl (C=O) groups excluding carboxylic acids is 1. The molecule has 0 bridgehead atoms. The van der Waals surface area contributed by atoms with Gasteiger partial charge in [-0.15, -0.1) is 5.10 Å². The Morgan fingerprint density at radius 2 is 1.73 bits per heavy atom. The number of aliphatic carboxylic acids is 1. The molecule has 190 valence electrons. The number of benzene rings is 3. The molecular weight excluding hydrogens is 476 g/mol. The Morgan fingerprint density at radius 3 is 2.41 bits per heavy atom. The van der Waals surface area contributed by atoms with Crippen molar-refractivity contribution in [2.45, 2.75) is 25.5 Å². The number of fused-ring (bicyclic) bond motifs is 1. The number of aliphatic hydroxyl groups excluding tert-OH is 1. The van der Waals surface area contributed by atoms with E-state index in [2.05, 4.69) is 15.6 Å². The molecule has 1 amide bonds. The first-order valence-corrected chi connectivity index (χ1v) is 11.6. The van der Waals surface area contributed by atoms with Crippen LogP contribution in [0.25, 0.3) is 10.9 Å². The molecule has 37 heavy (non-hydrogen) atoms. The summed E-state index contributed by atoms with van der Waals surface area (Å²) in [6.07, 6.45) is -1.19. The number of amides is 1. The Morgan fingerprint density at radius 1 is 1.03 bits per heavy atom. The maximum atomic E-state index is 12.6. The SMILES string of the molecule is COc1ccc(CC(=O)Nc2ccc([C@@H](O)[C@H](CCn3nnc4ccccc4c3=O)C(=O)O)cc2)cc1. The van der Waals surface area contributed by atoms with Crippen molar-refractivity contribution in [3.8, 4) is 5.75 Å². The van der Waals surface area contributed by atoms with Crippen LogP contribution in [-0.2, 0) is 22.6 Å². The highest BCUT2D eigenvalue weighted by molar-refractivity contribution is 5.92. The summed E-state index contributed by atoms with van der Waals surface area (Å²) >= 11 is 0. The predicted molar refractivity (Wildman–Crippen MR) is 136 cm³/mol. The predicted octanol–water partition coefficient (Wildman–Crippen LogP) is 2.81. The smallest absolute Gasteiger partial charge is 0.309 e. The van der Waals surface area contributed by atoms with Crippen molar-refractivity contribution in [1.29, 1.82) is 0 Å². The lowest BCUT2D eigenvalue weighted by molar-refractivity contribution is -0.146. The summed E-state index contributed by atoms with van der Waals surface area (Å²) in [6.45, 7) is -0.0236. The standard InChI is InChI=1S/C27H26N4O6/c1-37-20-12-6-17(7-13-20)16-24(32)28-19-10-8-18(9-11-19)25(33)22(27(35)36)14-15-31-26(34)21-4-2-3-5-23(21)29-30-31/h2-13,22,25,33H,14-16H2,1H3,(H,28,32)(H,35,36)/t22-,25+/m0/s1. The fraction of sp³-hybridized carbons (Fsp3) is 0.222. The Hall–Kier alpha value is -4.57. The number of aliphatic hydroxyl groups is 1. The lowest BCUT2D eigenvalue weighted by atomic mass is 9.92. The average Bonchev–Trinajstić information content (AvgIpc) is 2.90. The van der Waals surface area contributed by atoms with Gasteiger partial charge < -0.3 is 20.3 Å². The largest absolute Gasteiger partial charge is 0.497 e. The van der Waals surface area contributed by atoms with Crippen LogP contribution in [0, 0.1) is 5.92 Å². The van der Waals surface area contributed by atoms with Crippen LogP contribution in [0.5, 0.6) is 5.75 Å². The number of ether oxygens (including phenoxy) is 1. The number of anilines is 1. The molecule has 0 fully saturated rings. The van der Waals surface area contributed by atoms with Crippen LogP contribution < -0.4 is 15.6 Å². The minimum atomic E-state index is -1.33. The van der Waals surface area contributed by atoms with Crippen LogP contribution in [0.1, 0.15) is 23.7 Å². The Balaban J connectivity index is 1.39. The zero-order valence-electron chi connectivity index (χ0n) is 20.1. The van der Waals surface area contributed by atoms with E-state index in [4.69, 9.17) is 4.74 Å². The van der Waals surface area contributed by atoms with Crippen molar-refractivity contribution in [3.05, 3.63) is 94.3 Å². The van der Waals surface area contributed by atoms with E-state index >= 15 is 0 Å². The minimum absolute atomic E-state index is 0.0236. The summed E-state index contributed by atoms with van der Waals surface area (Å²) in [7, 11) is 1.57. The second kappa shape index (κ2) is 11.4. The zero-order chi connectivity index (χ0) is 26.4. The maximum absolute atomic E-state index is 12.6. The highest BCUT2D eigenvalue weighted by atomic mass is 16.5. The number of hydrogen-bond acceptors (Lipinski definition) is 7. The van der Waals surface area contributed by atoms with Gasteiger partial charge in [-0.3, -0.25) is 14.4 Å². The van der Waals surface area contributed by atoms with Crippen LogP contribution in [0.15, 0.2) is 77.6 Å². The number of hydrogen-bond donors (Lipinski definition) is 3. The monoisotopic (exact) mass is 502 g/mol. The molecule has 0 aliphatic carbocycles. The molecule has 10 heteroatoms. The third kappa shape index (κ3) is 6.17. The molecule has 3 aromatic carbocycles. The lowest BCUT2D eigenvalue weighted by Crippen LogP contribution is -2.29. The molecule has 0 unspecified atom stereocenters. The fourth-order valence-electron chi connectivity index (χ4n) is 3.98. The van der Waals surface area contributed by atoms with Gasteiger partial charge in [0.25, 0.3) is 5.56 Å². The highest BCUT2D eigenvalue weighted by Gasteiger charge is 2.28. The number of methoxy groups -OCH3 is 1. The first-order chi connectivity index (χ1) is 17.9. The molecule has 1 heterocycles. The van der Waals surface area contributed by atoms with Crippen molar-refractivity contribution in [1.82, 2.24) is 15.0 Å². The molecule has 0 aliphatic heterocycles. The summed E-state index contributed by atoms with van der Waals surface area (Å²) in [5, 5.41) is 31.5. The third-order valence-corrected chi connectivity index (χ3v) is 6.04. The van der Waals surface area contributed by atoms with Gasteiger partial charge in [-0.1, -0.05) is 41.6 Å². The van der Waals surface area contributed by atoms with E-state index in [1.807, 2.05) is 12.1 Å². The molecule has 2 atom stereocenters. The van der Waals surface area contributed by atoms with Crippen LogP contribution >= 0.6 is 0 Å². The molecule has 10 nitrogen and oxygen atoms in total. The number of aromatic nitrogens is 3. The van der Waals surface area contributed by atoms with Gasteiger partial charge in [-0.05, 0) is 53.9 Å². The van der Waals surface area contributed by atoms with E-state index in [0.29, 0.717) is 27.9 Å². The number of nitrogens with zero attached hydrogens (tertiary/aromatic N) is 3. The lowest BCUT2D eigenvalue weighted by Gasteiger charge is -2.20. The van der Waals surface area contributed by atoms with Crippen LogP contribution in [-0.4, -0.2) is 44.2 Å². The number of carboxylic acid groups (broad SMARTS) is 1. The Labute approximate surface area is 212 Å². The van der Waals surface area contributed by atoms with Gasteiger partial charge in [0.1, 0.15) is 11.3 Å². The van der Waals surface area contributed by atoms with Crippen LogP contribution in [0.2, 0.25) is 0 Å². The van der Waals surface area contributed by atoms with E-state index in [9.17, 15) is 24.6 Å². The molecule has 0 spiro atoms. The molecular formula is C27H26N4O6. The van der Waals surface area contributed by atoms with Gasteiger partial charge in [-0.2, -0.15) is 0 Å². The molecule has 0 radical (unpaired) electrons. The molecule has 1 aromatic heterocycles. The van der Waals surface area contributed by atoms with E-state index in [1.54, 1.807) is 67.8 Å². The van der Waals surface area contributed by atoms with Crippen molar-refractivity contribution in [2.75, 3.05) is 12.4 Å². The molecule has 4 aromatic rings. The summed E-state index contributed by atoms with van der Waals surface area (Å²) in [5.41, 5.74) is 1.79. The Kier molecular flexibility index (Phi) is 7.89. The van der Waals surface area contributed by atoms with Gasteiger partial charge in [0.2, 0.25) is 5.91 Å². The van der Waals surface area contributed by atoms with Gasteiger partial charge in [0.15, 0.2) is 0 Å². The molecule has 0 aliphatic rings. The maximum Gasteiger partial charge on any atom is 0.309 e. The van der Waals surface area contributed by atoms with Crippen LogP contribution in [0.3, 0.4) is 0 Å². The second-order valence-electron chi connectivity index (χ2n) is 8.51. The van der Waals surface area contributed by atoms with Crippen molar-refractivity contribution >= 4 is 28.5 Å². The Bertz CT molecular complexity index is 1450. The number of nitrogens with one attached hydrogen (secondary N) is 1. The highest BCUT2D eigenvalue weighted by Crippen LogP contribution is 2.27. The number of rotatable bonds is 10. The quantitative estimate of drug-likeness (QED) is 0.300. The number of aryl methyl sites for hydroxylation is 1. The minimum Gasteiger partial charge on any atom is -0.497 e. The fourth-order valence-corrected chi connectivity index (χ4v) is 3.98. The summed E-state index contributed by atoms with van der Waals surface area (Å²) in [6, 6.07) is 20.2. The zero-order valence-corrected chi connectivity index (χ0v) is 20.1. The van der Waals surface area contributed by atoms with Crippen molar-refractivity contribution < 1.29 is 24.5 Å². The molecule has 0 saturated carbocycles. The molecule has 3 N–H and O–H groups in total. The average molecular weight is 503 g/mol. The third-order valence-electron chi connectivity index (χ3n) is 6.04. The summed E-state index contributed by atoms with van der Waals surface area (Å²) in [4.78, 5) is 36.9. The first-order valence-electron chi connectivity index (χ1n) is 11.6. The van der Waals surface area contributed by atoms with E-state index in [1.165, 1.54) is 0 Å². The second-order valence-corrected chi connectivity index (χ2v) is 8.51. The summed E-state index contributed by atoms with van der Waals surface area (Å²) in [5.74, 6) is -1.90. The molecule has 0 saturated heterocycles. The van der Waals surface area contributed by atoms with Gasteiger partial charge in [0.05, 0.1) is 30.9 Å². The first kappa shape index (κ1) is 25.5. The molecule has 4 rings (SSSR count). The van der Waals surface area contributed by atoms with Crippen molar-refractivity contribution in [3.63, 3.8) is 0 Å². The topological polar surface area (TPSA) is 144 Å².